The number of carbonyl (C=O) groups is 2. The van der Waals surface area contributed by atoms with Crippen molar-refractivity contribution in [2.45, 2.75) is 20.5 Å². The van der Waals surface area contributed by atoms with E-state index in [1.807, 2.05) is 74.5 Å². The minimum atomic E-state index is -0.567. The van der Waals surface area contributed by atoms with Gasteiger partial charge in [-0.25, -0.2) is 4.79 Å². The summed E-state index contributed by atoms with van der Waals surface area (Å²) < 4.78 is 11.2. The Morgan fingerprint density at radius 3 is 2.19 bits per heavy atom. The van der Waals surface area contributed by atoms with Gasteiger partial charge in [-0.15, -0.1) is 0 Å². The van der Waals surface area contributed by atoms with Crippen molar-refractivity contribution in [3.05, 3.63) is 125 Å². The molecule has 8 heteroatoms. The van der Waals surface area contributed by atoms with Crippen LogP contribution >= 0.6 is 0 Å². The lowest BCUT2D eigenvalue weighted by atomic mass is 9.92. The van der Waals surface area contributed by atoms with Crippen molar-refractivity contribution in [3.63, 3.8) is 0 Å². The number of hydrogen-bond donors (Lipinski definition) is 4. The first-order valence-electron chi connectivity index (χ1n) is 13.9. The van der Waals surface area contributed by atoms with Gasteiger partial charge in [0.25, 0.3) is 5.91 Å². The van der Waals surface area contributed by atoms with Gasteiger partial charge in [-0.2, -0.15) is 0 Å². The van der Waals surface area contributed by atoms with Gasteiger partial charge in [0.05, 0.1) is 12.7 Å². The highest BCUT2D eigenvalue weighted by atomic mass is 16.5. The quantitative estimate of drug-likeness (QED) is 0.0870. The zero-order valence-corrected chi connectivity index (χ0v) is 24.6. The zero-order chi connectivity index (χ0) is 30.9. The molecule has 220 valence electrons. The third kappa shape index (κ3) is 7.89. The fraction of sp³-hybridized carbons (Fsp3) is 0.171. The van der Waals surface area contributed by atoms with Crippen LogP contribution in [-0.2, 0) is 11.3 Å². The van der Waals surface area contributed by atoms with Crippen LogP contribution in [0.4, 0.5) is 5.69 Å². The molecule has 0 radical (unpaired) electrons. The molecule has 0 saturated carbocycles. The average molecular weight is 577 g/mol. The highest BCUT2D eigenvalue weighted by molar-refractivity contribution is 6.03. The highest BCUT2D eigenvalue weighted by Gasteiger charge is 2.20. The van der Waals surface area contributed by atoms with Crippen LogP contribution in [0, 0.1) is 11.3 Å². The minimum absolute atomic E-state index is 0.0207. The van der Waals surface area contributed by atoms with E-state index in [9.17, 15) is 9.59 Å². The summed E-state index contributed by atoms with van der Waals surface area (Å²) in [6.07, 6.45) is 0. The lowest BCUT2D eigenvalue weighted by Gasteiger charge is -2.19. The number of nitrogen functional groups attached to an aromatic ring is 1. The van der Waals surface area contributed by atoms with Gasteiger partial charge in [0.2, 0.25) is 0 Å². The average Bonchev–Trinajstić information content (AvgIpc) is 3.02. The van der Waals surface area contributed by atoms with Gasteiger partial charge in [-0.05, 0) is 77.2 Å². The van der Waals surface area contributed by atoms with E-state index in [0.29, 0.717) is 52.4 Å². The molecule has 0 fully saturated rings. The minimum Gasteiger partial charge on any atom is -0.489 e. The van der Waals surface area contributed by atoms with E-state index < -0.39 is 5.97 Å². The molecule has 0 aromatic heterocycles. The molecule has 0 unspecified atom stereocenters. The summed E-state index contributed by atoms with van der Waals surface area (Å²) in [5, 5.41) is 13.9. The Labute approximate surface area is 252 Å². The van der Waals surface area contributed by atoms with E-state index in [4.69, 9.17) is 20.6 Å². The van der Waals surface area contributed by atoms with Crippen LogP contribution in [0.25, 0.3) is 16.8 Å². The fourth-order valence-corrected chi connectivity index (χ4v) is 4.41. The number of nitrogens with two attached hydrogens (primary N) is 1. The first kappa shape index (κ1) is 30.6. The monoisotopic (exact) mass is 576 g/mol. The number of hydrogen-bond acceptors (Lipinski definition) is 6. The molecule has 0 aliphatic carbocycles. The molecular weight excluding hydrogens is 540 g/mol. The van der Waals surface area contributed by atoms with Crippen molar-refractivity contribution in [3.8, 4) is 16.9 Å². The van der Waals surface area contributed by atoms with Crippen LogP contribution in [0.2, 0.25) is 0 Å². The molecule has 0 aliphatic rings. The molecule has 0 atom stereocenters. The number of methoxy groups -OCH3 is 1. The molecule has 0 aliphatic heterocycles. The Bertz CT molecular complexity index is 1630. The SMILES string of the molecule is C=C(Nc1ccc(C(=N)N)cc1)c1cc(OCc2ccccc2)ccc1-c1ccc(C(=O)NCC(C)C)cc1C(=O)OC. The maximum atomic E-state index is 13.0. The van der Waals surface area contributed by atoms with Crippen molar-refractivity contribution >= 4 is 29.1 Å². The van der Waals surface area contributed by atoms with Crippen LogP contribution in [0.15, 0.2) is 97.6 Å². The lowest BCUT2D eigenvalue weighted by Crippen LogP contribution is -2.27. The first-order chi connectivity index (χ1) is 20.7. The van der Waals surface area contributed by atoms with Gasteiger partial charge in [-0.3, -0.25) is 10.2 Å². The number of carbonyl (C=O) groups excluding carboxylic acids is 2. The summed E-state index contributed by atoms with van der Waals surface area (Å²) >= 11 is 0. The van der Waals surface area contributed by atoms with Crippen molar-refractivity contribution in [2.75, 3.05) is 19.0 Å². The molecule has 4 aromatic rings. The van der Waals surface area contributed by atoms with Crippen molar-refractivity contribution < 1.29 is 19.1 Å². The molecule has 0 spiro atoms. The van der Waals surface area contributed by atoms with E-state index in [1.165, 1.54) is 7.11 Å². The lowest BCUT2D eigenvalue weighted by molar-refractivity contribution is 0.0601. The van der Waals surface area contributed by atoms with Gasteiger partial charge in [0.1, 0.15) is 18.2 Å². The normalized spacial score (nSPS) is 10.6. The van der Waals surface area contributed by atoms with E-state index in [-0.39, 0.29) is 23.2 Å². The van der Waals surface area contributed by atoms with Crippen LogP contribution in [-0.4, -0.2) is 31.4 Å². The molecule has 0 bridgehead atoms. The number of benzene rings is 4. The first-order valence-corrected chi connectivity index (χ1v) is 13.9. The third-order valence-corrected chi connectivity index (χ3v) is 6.70. The van der Waals surface area contributed by atoms with Gasteiger partial charge >= 0.3 is 5.97 Å². The fourth-order valence-electron chi connectivity index (χ4n) is 4.41. The highest BCUT2D eigenvalue weighted by Crippen LogP contribution is 2.35. The number of amidine groups is 1. The van der Waals surface area contributed by atoms with E-state index in [1.54, 1.807) is 30.3 Å². The van der Waals surface area contributed by atoms with Gasteiger partial charge < -0.3 is 25.8 Å². The zero-order valence-electron chi connectivity index (χ0n) is 24.6. The predicted octanol–water partition coefficient (Wildman–Crippen LogP) is 6.47. The second kappa shape index (κ2) is 14.0. The van der Waals surface area contributed by atoms with E-state index in [2.05, 4.69) is 17.2 Å². The predicted molar refractivity (Wildman–Crippen MR) is 171 cm³/mol. The standard InChI is InChI=1S/C35H36N4O4/c1-22(2)20-38-34(40)26-12-16-30(32(18-26)35(41)42-4)29-17-15-28(43-21-24-8-6-5-7-9-24)19-31(29)23(3)39-27-13-10-25(11-14-27)33(36)37/h5-19,22,39H,3,20-21H2,1-2,4H3,(H3,36,37)(H,38,40). The smallest absolute Gasteiger partial charge is 0.338 e. The second-order valence-corrected chi connectivity index (χ2v) is 10.4. The Morgan fingerprint density at radius 1 is 0.884 bits per heavy atom. The van der Waals surface area contributed by atoms with Crippen LogP contribution in [0.5, 0.6) is 5.75 Å². The molecule has 1 amide bonds. The maximum Gasteiger partial charge on any atom is 0.338 e. The number of amides is 1. The Morgan fingerprint density at radius 2 is 1.53 bits per heavy atom. The topological polar surface area (TPSA) is 127 Å². The second-order valence-electron chi connectivity index (χ2n) is 10.4. The summed E-state index contributed by atoms with van der Waals surface area (Å²) in [4.78, 5) is 25.8. The largest absolute Gasteiger partial charge is 0.489 e. The Balaban J connectivity index is 1.74. The number of rotatable bonds is 12. The van der Waals surface area contributed by atoms with Crippen LogP contribution in [0.3, 0.4) is 0 Å². The van der Waals surface area contributed by atoms with Crippen molar-refractivity contribution in [1.82, 2.24) is 5.32 Å². The molecular formula is C35H36N4O4. The number of nitrogens with one attached hydrogen (secondary N) is 3. The van der Waals surface area contributed by atoms with Gasteiger partial charge in [0, 0.05) is 34.6 Å². The molecule has 0 saturated heterocycles. The summed E-state index contributed by atoms with van der Waals surface area (Å²) in [7, 11) is 1.31. The van der Waals surface area contributed by atoms with Crippen LogP contribution < -0.4 is 21.1 Å². The number of esters is 1. The molecule has 0 heterocycles. The maximum absolute atomic E-state index is 13.0. The van der Waals surface area contributed by atoms with E-state index >= 15 is 0 Å². The molecule has 4 rings (SSSR count). The third-order valence-electron chi connectivity index (χ3n) is 6.70. The molecule has 43 heavy (non-hydrogen) atoms. The summed E-state index contributed by atoms with van der Waals surface area (Å²) in [5.74, 6) is 0.0395. The van der Waals surface area contributed by atoms with Crippen molar-refractivity contribution in [2.24, 2.45) is 11.7 Å². The number of ether oxygens (including phenoxy) is 2. The molecule has 4 aromatic carbocycles. The Kier molecular flexibility index (Phi) is 9.96. The van der Waals surface area contributed by atoms with Crippen LogP contribution in [0.1, 0.15) is 51.3 Å². The van der Waals surface area contributed by atoms with E-state index in [0.717, 1.165) is 11.3 Å². The Hall–Kier alpha value is -5.37. The summed E-state index contributed by atoms with van der Waals surface area (Å²) in [6.45, 7) is 9.20. The summed E-state index contributed by atoms with van der Waals surface area (Å²) in [5.41, 5.74) is 11.1. The number of anilines is 1. The van der Waals surface area contributed by atoms with Gasteiger partial charge in [-0.1, -0.05) is 56.8 Å². The summed E-state index contributed by atoms with van der Waals surface area (Å²) in [6, 6.07) is 27.5. The van der Waals surface area contributed by atoms with Crippen molar-refractivity contribution in [1.29, 1.82) is 5.41 Å². The molecule has 5 N–H and O–H groups in total. The molecule has 8 nitrogen and oxygen atoms in total. The van der Waals surface area contributed by atoms with Gasteiger partial charge in [0.15, 0.2) is 0 Å².